The van der Waals surface area contributed by atoms with E-state index in [4.69, 9.17) is 0 Å². The molecule has 6 heteroatoms. The lowest BCUT2D eigenvalue weighted by Crippen LogP contribution is -2.38. The Morgan fingerprint density at radius 1 is 1.43 bits per heavy atom. The van der Waals surface area contributed by atoms with Crippen LogP contribution in [0.25, 0.3) is 0 Å². The summed E-state index contributed by atoms with van der Waals surface area (Å²) in [4.78, 5) is 13.0. The summed E-state index contributed by atoms with van der Waals surface area (Å²) in [6, 6.07) is 6.55. The number of halogens is 2. The van der Waals surface area contributed by atoms with Crippen molar-refractivity contribution < 1.29 is 13.6 Å². The van der Waals surface area contributed by atoms with Gasteiger partial charge in [0.15, 0.2) is 0 Å². The highest BCUT2D eigenvalue weighted by Crippen LogP contribution is 2.33. The molecule has 0 radical (unpaired) electrons. The van der Waals surface area contributed by atoms with Crippen LogP contribution in [0.2, 0.25) is 0 Å². The van der Waals surface area contributed by atoms with Crippen molar-refractivity contribution in [2.45, 2.75) is 36.8 Å². The van der Waals surface area contributed by atoms with Gasteiger partial charge in [0, 0.05) is 17.1 Å². The minimum Gasteiger partial charge on any atom is -0.326 e. The number of carbonyl (C=O) groups excluding carboxylic acids is 1. The number of amides is 1. The highest BCUT2D eigenvalue weighted by atomic mass is 32.2. The summed E-state index contributed by atoms with van der Waals surface area (Å²) in [5.74, 6) is -2.41. The van der Waals surface area contributed by atoms with Crippen LogP contribution in [0.5, 0.6) is 0 Å². The number of thioether (sulfide) groups is 1. The average molecular weight is 314 g/mol. The molecular weight excluding hydrogens is 294 g/mol. The lowest BCUT2D eigenvalue weighted by Gasteiger charge is -2.26. The van der Waals surface area contributed by atoms with Crippen LogP contribution in [-0.2, 0) is 4.79 Å². The minimum atomic E-state index is -2.43. The molecule has 0 saturated carbocycles. The van der Waals surface area contributed by atoms with Gasteiger partial charge < -0.3 is 10.6 Å². The van der Waals surface area contributed by atoms with E-state index in [1.165, 1.54) is 0 Å². The molecule has 0 aromatic heterocycles. The van der Waals surface area contributed by atoms with Crippen LogP contribution in [0.4, 0.5) is 14.5 Å². The highest BCUT2D eigenvalue weighted by molar-refractivity contribution is 7.99. The summed E-state index contributed by atoms with van der Waals surface area (Å²) in [7, 11) is 0. The summed E-state index contributed by atoms with van der Waals surface area (Å²) in [6.07, 6.45) is 2.65. The van der Waals surface area contributed by atoms with Crippen LogP contribution in [0, 0.1) is 5.41 Å². The summed E-state index contributed by atoms with van der Waals surface area (Å²) in [5, 5.41) is 6.16. The van der Waals surface area contributed by atoms with Gasteiger partial charge in [-0.2, -0.15) is 8.78 Å². The Kier molecular flexibility index (Phi) is 5.58. The summed E-state index contributed by atoms with van der Waals surface area (Å²) >= 11 is 0.503. The molecule has 1 unspecified atom stereocenters. The Labute approximate surface area is 127 Å². The van der Waals surface area contributed by atoms with Gasteiger partial charge in [0.2, 0.25) is 5.91 Å². The van der Waals surface area contributed by atoms with Gasteiger partial charge in [-0.25, -0.2) is 0 Å². The zero-order valence-corrected chi connectivity index (χ0v) is 12.8. The Hall–Kier alpha value is -1.14. The molecule has 1 fully saturated rings. The van der Waals surface area contributed by atoms with Crippen molar-refractivity contribution in [1.29, 1.82) is 0 Å². The minimum absolute atomic E-state index is 0.0172. The molecule has 3 nitrogen and oxygen atoms in total. The van der Waals surface area contributed by atoms with E-state index in [2.05, 4.69) is 17.6 Å². The van der Waals surface area contributed by atoms with E-state index in [0.29, 0.717) is 28.9 Å². The fraction of sp³-hybridized carbons (Fsp3) is 0.533. The predicted molar refractivity (Wildman–Crippen MR) is 81.8 cm³/mol. The fourth-order valence-electron chi connectivity index (χ4n) is 2.73. The van der Waals surface area contributed by atoms with Gasteiger partial charge in [-0.1, -0.05) is 25.1 Å². The Morgan fingerprint density at radius 2 is 2.14 bits per heavy atom. The van der Waals surface area contributed by atoms with Gasteiger partial charge in [0.25, 0.3) is 5.76 Å². The van der Waals surface area contributed by atoms with E-state index in [1.54, 1.807) is 24.3 Å². The van der Waals surface area contributed by atoms with Crippen LogP contribution in [0.15, 0.2) is 29.2 Å². The predicted octanol–water partition coefficient (Wildman–Crippen LogP) is 3.72. The van der Waals surface area contributed by atoms with Crippen molar-refractivity contribution in [2.75, 3.05) is 18.4 Å². The Bertz CT molecular complexity index is 473. The van der Waals surface area contributed by atoms with Crippen LogP contribution in [0.1, 0.15) is 26.2 Å². The Morgan fingerprint density at radius 3 is 2.67 bits per heavy atom. The van der Waals surface area contributed by atoms with Crippen molar-refractivity contribution in [3.63, 3.8) is 0 Å². The van der Waals surface area contributed by atoms with Crippen molar-refractivity contribution >= 4 is 23.4 Å². The number of rotatable bonds is 6. The molecule has 1 aliphatic rings. The maximum atomic E-state index is 12.5. The molecule has 2 rings (SSSR count). The van der Waals surface area contributed by atoms with Gasteiger partial charge in [0.05, 0.1) is 5.41 Å². The zero-order valence-electron chi connectivity index (χ0n) is 12.0. The number of anilines is 1. The van der Waals surface area contributed by atoms with E-state index >= 15 is 0 Å². The van der Waals surface area contributed by atoms with Crippen LogP contribution < -0.4 is 10.6 Å². The largest absolute Gasteiger partial charge is 0.326 e. The lowest BCUT2D eigenvalue weighted by atomic mass is 9.81. The van der Waals surface area contributed by atoms with Crippen molar-refractivity contribution in [2.24, 2.45) is 5.41 Å². The number of nitrogens with one attached hydrogen (secondary N) is 2. The zero-order chi connectivity index (χ0) is 15.3. The first-order valence-corrected chi connectivity index (χ1v) is 8.01. The van der Waals surface area contributed by atoms with E-state index in [9.17, 15) is 13.6 Å². The van der Waals surface area contributed by atoms with Gasteiger partial charge in [-0.3, -0.25) is 4.79 Å². The second-order valence-electron chi connectivity index (χ2n) is 5.31. The molecular formula is C15H20F2N2OS. The molecule has 2 N–H and O–H groups in total. The average Bonchev–Trinajstić information content (AvgIpc) is 2.91. The molecule has 0 aliphatic carbocycles. The molecule has 21 heavy (non-hydrogen) atoms. The van der Waals surface area contributed by atoms with Gasteiger partial charge in [-0.15, -0.1) is 0 Å². The fourth-order valence-corrected chi connectivity index (χ4v) is 3.23. The first-order valence-electron chi connectivity index (χ1n) is 7.13. The maximum Gasteiger partial charge on any atom is 0.288 e. The monoisotopic (exact) mass is 314 g/mol. The first kappa shape index (κ1) is 16.2. The van der Waals surface area contributed by atoms with E-state index in [-0.39, 0.29) is 11.3 Å². The molecule has 1 atom stereocenters. The van der Waals surface area contributed by atoms with Gasteiger partial charge >= 0.3 is 0 Å². The molecule has 1 aromatic rings. The third-order valence-corrected chi connectivity index (χ3v) is 4.51. The maximum absolute atomic E-state index is 12.5. The second-order valence-corrected chi connectivity index (χ2v) is 6.38. The number of carbonyl (C=O) groups is 1. The second kappa shape index (κ2) is 7.22. The molecule has 1 amide bonds. The number of hydrogen-bond acceptors (Lipinski definition) is 3. The highest BCUT2D eigenvalue weighted by Gasteiger charge is 2.40. The van der Waals surface area contributed by atoms with Crippen molar-refractivity contribution in [3.8, 4) is 0 Å². The van der Waals surface area contributed by atoms with Crippen LogP contribution in [0.3, 0.4) is 0 Å². The van der Waals surface area contributed by atoms with Crippen LogP contribution >= 0.6 is 11.8 Å². The molecule has 1 heterocycles. The third kappa shape index (κ3) is 4.17. The standard InChI is InChI=1S/C15H20F2N2OS/c1-2-7-15(8-9-18-10-15)13(20)19-11-3-5-12(6-4-11)21-14(16)17/h3-6,14,18H,2,7-10H2,1H3,(H,19,20). The molecule has 1 saturated heterocycles. The summed E-state index contributed by atoms with van der Waals surface area (Å²) in [6.45, 7) is 3.63. The van der Waals surface area contributed by atoms with E-state index < -0.39 is 5.76 Å². The lowest BCUT2D eigenvalue weighted by molar-refractivity contribution is -0.125. The van der Waals surface area contributed by atoms with Crippen molar-refractivity contribution in [3.05, 3.63) is 24.3 Å². The molecule has 0 spiro atoms. The first-order chi connectivity index (χ1) is 10.1. The number of benzene rings is 1. The van der Waals surface area contributed by atoms with Crippen molar-refractivity contribution in [1.82, 2.24) is 5.32 Å². The van der Waals surface area contributed by atoms with Gasteiger partial charge in [0.1, 0.15) is 0 Å². The van der Waals surface area contributed by atoms with Gasteiger partial charge in [-0.05, 0) is 43.7 Å². The topological polar surface area (TPSA) is 41.1 Å². The number of alkyl halides is 2. The Balaban J connectivity index is 2.01. The normalized spacial score (nSPS) is 21.7. The third-order valence-electron chi connectivity index (χ3n) is 3.79. The summed E-state index contributed by atoms with van der Waals surface area (Å²) in [5.41, 5.74) is 0.312. The molecule has 116 valence electrons. The quantitative estimate of drug-likeness (QED) is 0.786. The number of hydrogen-bond donors (Lipinski definition) is 2. The van der Waals surface area contributed by atoms with Crippen LogP contribution in [-0.4, -0.2) is 24.8 Å². The molecule has 1 aliphatic heterocycles. The SMILES string of the molecule is CCCC1(C(=O)Nc2ccc(SC(F)F)cc2)CCNC1. The smallest absolute Gasteiger partial charge is 0.288 e. The van der Waals surface area contributed by atoms with E-state index in [0.717, 1.165) is 25.8 Å². The van der Waals surface area contributed by atoms with E-state index in [1.807, 2.05) is 0 Å². The molecule has 1 aromatic carbocycles. The summed E-state index contributed by atoms with van der Waals surface area (Å²) < 4.78 is 24.5. The molecule has 0 bridgehead atoms.